The van der Waals surface area contributed by atoms with Gasteiger partial charge in [-0.25, -0.2) is 0 Å². The fourth-order valence-corrected chi connectivity index (χ4v) is 3.87. The standard InChI is InChI=1S/C23H27BrN2O2/c1-23(2,3)19-6-4-5-7-20(19)25-21(27)16-12-14-26(15-13-16)22(28)17-8-10-18(24)11-9-17/h4-11,16H,12-15H2,1-3H3,(H,25,27). The molecule has 0 spiro atoms. The molecule has 1 N–H and O–H groups in total. The summed E-state index contributed by atoms with van der Waals surface area (Å²) in [5.41, 5.74) is 2.66. The Labute approximate surface area is 175 Å². The topological polar surface area (TPSA) is 49.4 Å². The van der Waals surface area contributed by atoms with Crippen molar-refractivity contribution in [1.29, 1.82) is 0 Å². The number of halogens is 1. The molecule has 1 aliphatic rings. The number of nitrogens with zero attached hydrogens (tertiary/aromatic N) is 1. The summed E-state index contributed by atoms with van der Waals surface area (Å²) in [5, 5.41) is 3.12. The number of anilines is 1. The van der Waals surface area contributed by atoms with Gasteiger partial charge in [0.05, 0.1) is 0 Å². The molecule has 28 heavy (non-hydrogen) atoms. The third-order valence-electron chi connectivity index (χ3n) is 5.24. The normalized spacial score (nSPS) is 15.4. The van der Waals surface area contributed by atoms with Crippen molar-refractivity contribution in [1.82, 2.24) is 4.90 Å². The first-order chi connectivity index (χ1) is 13.3. The predicted molar refractivity (Wildman–Crippen MR) is 117 cm³/mol. The third kappa shape index (κ3) is 4.82. The molecule has 148 valence electrons. The van der Waals surface area contributed by atoms with Gasteiger partial charge in [-0.2, -0.15) is 0 Å². The van der Waals surface area contributed by atoms with Gasteiger partial charge in [0.2, 0.25) is 5.91 Å². The van der Waals surface area contributed by atoms with Crippen LogP contribution < -0.4 is 5.32 Å². The smallest absolute Gasteiger partial charge is 0.253 e. The quantitative estimate of drug-likeness (QED) is 0.706. The van der Waals surface area contributed by atoms with Gasteiger partial charge in [0.1, 0.15) is 0 Å². The maximum absolute atomic E-state index is 12.8. The molecule has 1 fully saturated rings. The first-order valence-electron chi connectivity index (χ1n) is 9.71. The molecule has 2 aromatic rings. The van der Waals surface area contributed by atoms with Crippen molar-refractivity contribution in [2.24, 2.45) is 5.92 Å². The van der Waals surface area contributed by atoms with Crippen LogP contribution in [0.5, 0.6) is 0 Å². The van der Waals surface area contributed by atoms with Crippen LogP contribution in [0, 0.1) is 5.92 Å². The maximum atomic E-state index is 12.8. The number of para-hydroxylation sites is 1. The molecule has 1 aliphatic heterocycles. The van der Waals surface area contributed by atoms with Gasteiger partial charge < -0.3 is 10.2 Å². The number of piperidine rings is 1. The minimum Gasteiger partial charge on any atom is -0.339 e. The largest absolute Gasteiger partial charge is 0.339 e. The molecule has 3 rings (SSSR count). The van der Waals surface area contributed by atoms with E-state index < -0.39 is 0 Å². The number of carbonyl (C=O) groups is 2. The highest BCUT2D eigenvalue weighted by atomic mass is 79.9. The summed E-state index contributed by atoms with van der Waals surface area (Å²) in [6.45, 7) is 7.64. The molecule has 1 heterocycles. The zero-order valence-electron chi connectivity index (χ0n) is 16.7. The molecule has 0 aromatic heterocycles. The summed E-state index contributed by atoms with van der Waals surface area (Å²) in [7, 11) is 0. The molecule has 0 unspecified atom stereocenters. The zero-order chi connectivity index (χ0) is 20.3. The van der Waals surface area contributed by atoms with Gasteiger partial charge in [0.25, 0.3) is 5.91 Å². The van der Waals surface area contributed by atoms with Crippen molar-refractivity contribution >= 4 is 33.4 Å². The molecule has 1 saturated heterocycles. The number of likely N-dealkylation sites (tertiary alicyclic amines) is 1. The summed E-state index contributed by atoms with van der Waals surface area (Å²) in [5.74, 6) is 0.0128. The second-order valence-corrected chi connectivity index (χ2v) is 9.27. The van der Waals surface area contributed by atoms with Crippen LogP contribution in [0.15, 0.2) is 53.0 Å². The number of rotatable bonds is 3. The first-order valence-corrected chi connectivity index (χ1v) is 10.5. The van der Waals surface area contributed by atoms with Crippen LogP contribution in [0.3, 0.4) is 0 Å². The van der Waals surface area contributed by atoms with Crippen LogP contribution in [0.25, 0.3) is 0 Å². The lowest BCUT2D eigenvalue weighted by molar-refractivity contribution is -0.121. The molecule has 0 aliphatic carbocycles. The van der Waals surface area contributed by atoms with E-state index in [4.69, 9.17) is 0 Å². The van der Waals surface area contributed by atoms with E-state index in [0.29, 0.717) is 31.5 Å². The monoisotopic (exact) mass is 442 g/mol. The van der Waals surface area contributed by atoms with Crippen LogP contribution in [0.4, 0.5) is 5.69 Å². The highest BCUT2D eigenvalue weighted by Crippen LogP contribution is 2.30. The Morgan fingerprint density at radius 3 is 2.21 bits per heavy atom. The third-order valence-corrected chi connectivity index (χ3v) is 5.77. The molecule has 5 heteroatoms. The molecule has 2 aromatic carbocycles. The average Bonchev–Trinajstić information content (AvgIpc) is 2.68. The fraction of sp³-hybridized carbons (Fsp3) is 0.391. The number of hydrogen-bond acceptors (Lipinski definition) is 2. The zero-order valence-corrected chi connectivity index (χ0v) is 18.3. The highest BCUT2D eigenvalue weighted by molar-refractivity contribution is 9.10. The van der Waals surface area contributed by atoms with Gasteiger partial charge in [0.15, 0.2) is 0 Å². The van der Waals surface area contributed by atoms with Crippen LogP contribution in [-0.4, -0.2) is 29.8 Å². The van der Waals surface area contributed by atoms with Crippen molar-refractivity contribution in [3.05, 3.63) is 64.1 Å². The summed E-state index contributed by atoms with van der Waals surface area (Å²) >= 11 is 3.39. The van der Waals surface area contributed by atoms with Gasteiger partial charge in [-0.1, -0.05) is 54.9 Å². The van der Waals surface area contributed by atoms with Crippen molar-refractivity contribution in [2.45, 2.75) is 39.0 Å². The fourth-order valence-electron chi connectivity index (χ4n) is 3.60. The van der Waals surface area contributed by atoms with Gasteiger partial charge in [-0.15, -0.1) is 0 Å². The number of hydrogen-bond donors (Lipinski definition) is 1. The van der Waals surface area contributed by atoms with Gasteiger partial charge in [-0.3, -0.25) is 9.59 Å². The molecular weight excluding hydrogens is 416 g/mol. The Kier molecular flexibility index (Phi) is 6.23. The van der Waals surface area contributed by atoms with Crippen LogP contribution in [0.2, 0.25) is 0 Å². The molecule has 4 nitrogen and oxygen atoms in total. The molecule has 2 amide bonds. The van der Waals surface area contributed by atoms with E-state index in [1.165, 1.54) is 0 Å². The molecule has 0 bridgehead atoms. The summed E-state index contributed by atoms with van der Waals surface area (Å²) in [6.07, 6.45) is 1.37. The minimum atomic E-state index is -0.0676. The van der Waals surface area contributed by atoms with Crippen molar-refractivity contribution in [3.8, 4) is 0 Å². The number of amides is 2. The first kappa shape index (κ1) is 20.6. The van der Waals surface area contributed by atoms with E-state index in [9.17, 15) is 9.59 Å². The van der Waals surface area contributed by atoms with Gasteiger partial charge >= 0.3 is 0 Å². The number of nitrogens with one attached hydrogen (secondary N) is 1. The van der Waals surface area contributed by atoms with E-state index >= 15 is 0 Å². The molecule has 0 saturated carbocycles. The summed E-state index contributed by atoms with van der Waals surface area (Å²) < 4.78 is 0.954. The summed E-state index contributed by atoms with van der Waals surface area (Å²) in [4.78, 5) is 27.3. The lowest BCUT2D eigenvalue weighted by atomic mass is 9.85. The van der Waals surface area contributed by atoms with E-state index in [1.54, 1.807) is 0 Å². The van der Waals surface area contributed by atoms with Crippen molar-refractivity contribution < 1.29 is 9.59 Å². The maximum Gasteiger partial charge on any atom is 0.253 e. The van der Waals surface area contributed by atoms with Gasteiger partial charge in [0, 0.05) is 34.7 Å². The Morgan fingerprint density at radius 2 is 1.61 bits per heavy atom. The Balaban J connectivity index is 1.60. The second-order valence-electron chi connectivity index (χ2n) is 8.36. The SMILES string of the molecule is CC(C)(C)c1ccccc1NC(=O)C1CCN(C(=O)c2ccc(Br)cc2)CC1. The van der Waals surface area contributed by atoms with Crippen LogP contribution in [0.1, 0.15) is 49.5 Å². The summed E-state index contributed by atoms with van der Waals surface area (Å²) in [6, 6.07) is 15.4. The van der Waals surface area contributed by atoms with E-state index in [-0.39, 0.29) is 23.1 Å². The lowest BCUT2D eigenvalue weighted by Gasteiger charge is -2.32. The van der Waals surface area contributed by atoms with E-state index in [1.807, 2.05) is 47.4 Å². The molecule has 0 atom stereocenters. The Bertz CT molecular complexity index is 848. The second kappa shape index (κ2) is 8.48. The molecule has 0 radical (unpaired) electrons. The van der Waals surface area contributed by atoms with Crippen LogP contribution >= 0.6 is 15.9 Å². The van der Waals surface area contributed by atoms with Gasteiger partial charge in [-0.05, 0) is 54.2 Å². The van der Waals surface area contributed by atoms with E-state index in [2.05, 4.69) is 48.1 Å². The average molecular weight is 443 g/mol. The highest BCUT2D eigenvalue weighted by Gasteiger charge is 2.28. The minimum absolute atomic E-state index is 0.0319. The number of benzene rings is 2. The number of carbonyl (C=O) groups excluding carboxylic acids is 2. The predicted octanol–water partition coefficient (Wildman–Crippen LogP) is 5.24. The van der Waals surface area contributed by atoms with Crippen molar-refractivity contribution in [3.63, 3.8) is 0 Å². The van der Waals surface area contributed by atoms with E-state index in [0.717, 1.165) is 15.7 Å². The van der Waals surface area contributed by atoms with Crippen LogP contribution in [-0.2, 0) is 10.2 Å². The lowest BCUT2D eigenvalue weighted by Crippen LogP contribution is -2.41. The Morgan fingerprint density at radius 1 is 1.00 bits per heavy atom. The Hall–Kier alpha value is -2.14. The van der Waals surface area contributed by atoms with Crippen molar-refractivity contribution in [2.75, 3.05) is 18.4 Å². The molecular formula is C23H27BrN2O2.